The van der Waals surface area contributed by atoms with Crippen molar-refractivity contribution >= 4 is 10.8 Å². The van der Waals surface area contributed by atoms with Gasteiger partial charge >= 0.3 is 0 Å². The molecule has 1 heterocycles. The Morgan fingerprint density at radius 3 is 2.17 bits per heavy atom. The summed E-state index contributed by atoms with van der Waals surface area (Å²) in [6.07, 6.45) is 0.941. The van der Waals surface area contributed by atoms with Crippen molar-refractivity contribution < 1.29 is 9.47 Å². The number of benzene rings is 4. The summed E-state index contributed by atoms with van der Waals surface area (Å²) in [7, 11) is 1.71. The third kappa shape index (κ3) is 3.23. The first-order valence-electron chi connectivity index (χ1n) is 10.5. The molecular weight excluding hydrogens is 368 g/mol. The van der Waals surface area contributed by atoms with Crippen molar-refractivity contribution in [2.24, 2.45) is 0 Å². The van der Waals surface area contributed by atoms with E-state index in [1.807, 2.05) is 0 Å². The Morgan fingerprint density at radius 2 is 1.47 bits per heavy atom. The molecular formula is C28H26O2. The number of fused-ring (bicyclic) bond motifs is 3. The van der Waals surface area contributed by atoms with Gasteiger partial charge in [0, 0.05) is 16.9 Å². The highest BCUT2D eigenvalue weighted by atomic mass is 16.5. The molecule has 2 unspecified atom stereocenters. The van der Waals surface area contributed by atoms with Gasteiger partial charge in [0.15, 0.2) is 0 Å². The maximum atomic E-state index is 6.70. The second-order valence-corrected chi connectivity index (χ2v) is 8.24. The van der Waals surface area contributed by atoms with Crippen molar-refractivity contribution in [3.63, 3.8) is 0 Å². The van der Waals surface area contributed by atoms with Crippen LogP contribution in [0.5, 0.6) is 11.5 Å². The number of aryl methyl sites for hydroxylation is 2. The predicted molar refractivity (Wildman–Crippen MR) is 123 cm³/mol. The number of ether oxygens (including phenoxy) is 2. The Kier molecular flexibility index (Phi) is 4.71. The summed E-state index contributed by atoms with van der Waals surface area (Å²) >= 11 is 0. The van der Waals surface area contributed by atoms with Crippen molar-refractivity contribution in [1.82, 2.24) is 0 Å². The SMILES string of the molecule is COc1ccc(C2CC(c3ccc(C)cc3)Oc3c2cc(C)c2ccccc32)cc1. The maximum Gasteiger partial charge on any atom is 0.131 e. The summed E-state index contributed by atoms with van der Waals surface area (Å²) in [4.78, 5) is 0. The number of rotatable bonds is 3. The van der Waals surface area contributed by atoms with Gasteiger partial charge in [0.25, 0.3) is 0 Å². The van der Waals surface area contributed by atoms with E-state index in [1.165, 1.54) is 38.6 Å². The fourth-order valence-electron chi connectivity index (χ4n) is 4.62. The molecule has 0 fully saturated rings. The topological polar surface area (TPSA) is 18.5 Å². The van der Waals surface area contributed by atoms with Crippen molar-refractivity contribution in [2.45, 2.75) is 32.3 Å². The van der Waals surface area contributed by atoms with E-state index in [9.17, 15) is 0 Å². The molecule has 2 atom stereocenters. The van der Waals surface area contributed by atoms with E-state index < -0.39 is 0 Å². The van der Waals surface area contributed by atoms with Crippen LogP contribution in [0.25, 0.3) is 10.8 Å². The van der Waals surface area contributed by atoms with Crippen LogP contribution in [0, 0.1) is 13.8 Å². The number of methoxy groups -OCH3 is 1. The molecule has 150 valence electrons. The monoisotopic (exact) mass is 394 g/mol. The minimum atomic E-state index is 0.0244. The number of hydrogen-bond acceptors (Lipinski definition) is 2. The first-order valence-corrected chi connectivity index (χ1v) is 10.5. The summed E-state index contributed by atoms with van der Waals surface area (Å²) in [6, 6.07) is 28.1. The molecule has 0 saturated carbocycles. The van der Waals surface area contributed by atoms with Gasteiger partial charge in [-0.2, -0.15) is 0 Å². The molecule has 5 rings (SSSR count). The second kappa shape index (κ2) is 7.53. The van der Waals surface area contributed by atoms with E-state index in [2.05, 4.69) is 92.7 Å². The van der Waals surface area contributed by atoms with Crippen LogP contribution in [0.2, 0.25) is 0 Å². The Labute approximate surface area is 178 Å². The lowest BCUT2D eigenvalue weighted by atomic mass is 9.80. The molecule has 0 aromatic heterocycles. The van der Waals surface area contributed by atoms with E-state index in [-0.39, 0.29) is 12.0 Å². The van der Waals surface area contributed by atoms with Crippen LogP contribution in [0.4, 0.5) is 0 Å². The lowest BCUT2D eigenvalue weighted by Gasteiger charge is -2.34. The fraction of sp³-hybridized carbons (Fsp3) is 0.214. The van der Waals surface area contributed by atoms with Gasteiger partial charge in [0.2, 0.25) is 0 Å². The Hall–Kier alpha value is -3.26. The predicted octanol–water partition coefficient (Wildman–Crippen LogP) is 7.12. The largest absolute Gasteiger partial charge is 0.497 e. The zero-order chi connectivity index (χ0) is 20.7. The van der Waals surface area contributed by atoms with Gasteiger partial charge in [-0.25, -0.2) is 0 Å². The van der Waals surface area contributed by atoms with Gasteiger partial charge in [-0.3, -0.25) is 0 Å². The molecule has 0 N–H and O–H groups in total. The Balaban J connectivity index is 1.68. The second-order valence-electron chi connectivity index (χ2n) is 8.24. The Bertz CT molecular complexity index is 1190. The van der Waals surface area contributed by atoms with Crippen molar-refractivity contribution in [3.05, 3.63) is 107 Å². The quantitative estimate of drug-likeness (QED) is 0.368. The fourth-order valence-corrected chi connectivity index (χ4v) is 4.62. The molecule has 0 aliphatic carbocycles. The van der Waals surface area contributed by atoms with E-state index in [4.69, 9.17) is 9.47 Å². The molecule has 0 bridgehead atoms. The summed E-state index contributed by atoms with van der Waals surface area (Å²) in [5.41, 5.74) is 6.37. The van der Waals surface area contributed by atoms with Crippen LogP contribution in [0.1, 0.15) is 46.3 Å². The molecule has 1 aliphatic heterocycles. The molecule has 30 heavy (non-hydrogen) atoms. The molecule has 1 aliphatic rings. The molecule has 2 heteroatoms. The van der Waals surface area contributed by atoms with Crippen LogP contribution in [0.3, 0.4) is 0 Å². The molecule has 4 aromatic rings. The third-order valence-electron chi connectivity index (χ3n) is 6.28. The highest BCUT2D eigenvalue weighted by molar-refractivity contribution is 5.92. The standard InChI is InChI=1S/C28H26O2/c1-18-8-10-21(11-9-18)27-17-25(20-12-14-22(29-3)15-13-20)26-16-19(2)23-6-4-5-7-24(23)28(26)30-27/h4-16,25,27H,17H2,1-3H3. The van der Waals surface area contributed by atoms with Gasteiger partial charge < -0.3 is 9.47 Å². The lowest BCUT2D eigenvalue weighted by Crippen LogP contribution is -2.20. The average molecular weight is 395 g/mol. The molecule has 0 amide bonds. The summed E-state index contributed by atoms with van der Waals surface area (Å²) in [5, 5.41) is 2.46. The van der Waals surface area contributed by atoms with Gasteiger partial charge in [0.1, 0.15) is 17.6 Å². The maximum absolute atomic E-state index is 6.70. The van der Waals surface area contributed by atoms with Crippen molar-refractivity contribution in [2.75, 3.05) is 7.11 Å². The Morgan fingerprint density at radius 1 is 0.800 bits per heavy atom. The van der Waals surface area contributed by atoms with Gasteiger partial charge in [-0.1, -0.05) is 72.3 Å². The van der Waals surface area contributed by atoms with Gasteiger partial charge in [-0.05, 0) is 54.5 Å². The average Bonchev–Trinajstić information content (AvgIpc) is 2.79. The first-order chi connectivity index (χ1) is 14.6. The van der Waals surface area contributed by atoms with E-state index in [1.54, 1.807) is 7.11 Å². The van der Waals surface area contributed by atoms with Gasteiger partial charge in [0.05, 0.1) is 7.11 Å². The summed E-state index contributed by atoms with van der Waals surface area (Å²) < 4.78 is 12.1. The highest BCUT2D eigenvalue weighted by Gasteiger charge is 2.32. The van der Waals surface area contributed by atoms with E-state index in [0.717, 1.165) is 17.9 Å². The van der Waals surface area contributed by atoms with Crippen molar-refractivity contribution in [1.29, 1.82) is 0 Å². The number of hydrogen-bond donors (Lipinski definition) is 0. The summed E-state index contributed by atoms with van der Waals surface area (Å²) in [6.45, 7) is 4.32. The molecule has 0 spiro atoms. The summed E-state index contributed by atoms with van der Waals surface area (Å²) in [5.74, 6) is 2.18. The highest BCUT2D eigenvalue weighted by Crippen LogP contribution is 2.49. The first kappa shape index (κ1) is 18.7. The normalized spacial score (nSPS) is 18.0. The van der Waals surface area contributed by atoms with Gasteiger partial charge in [-0.15, -0.1) is 0 Å². The van der Waals surface area contributed by atoms with Crippen LogP contribution in [0.15, 0.2) is 78.9 Å². The van der Waals surface area contributed by atoms with E-state index >= 15 is 0 Å². The van der Waals surface area contributed by atoms with Crippen LogP contribution in [-0.2, 0) is 0 Å². The minimum Gasteiger partial charge on any atom is -0.497 e. The molecule has 2 nitrogen and oxygen atoms in total. The molecule has 4 aromatic carbocycles. The zero-order valence-corrected chi connectivity index (χ0v) is 17.7. The van der Waals surface area contributed by atoms with Crippen LogP contribution < -0.4 is 9.47 Å². The van der Waals surface area contributed by atoms with E-state index in [0.29, 0.717) is 0 Å². The zero-order valence-electron chi connectivity index (χ0n) is 17.7. The molecule has 0 radical (unpaired) electrons. The third-order valence-corrected chi connectivity index (χ3v) is 6.28. The van der Waals surface area contributed by atoms with Crippen LogP contribution in [-0.4, -0.2) is 7.11 Å². The molecule has 0 saturated heterocycles. The lowest BCUT2D eigenvalue weighted by molar-refractivity contribution is 0.170. The smallest absolute Gasteiger partial charge is 0.131 e. The van der Waals surface area contributed by atoms with Crippen molar-refractivity contribution in [3.8, 4) is 11.5 Å². The minimum absolute atomic E-state index is 0.0244. The van der Waals surface area contributed by atoms with Crippen LogP contribution >= 0.6 is 0 Å².